The van der Waals surface area contributed by atoms with Crippen LogP contribution in [0.5, 0.6) is 0 Å². The van der Waals surface area contributed by atoms with Crippen molar-refractivity contribution in [1.29, 1.82) is 0 Å². The average molecular weight is 337 g/mol. The molecule has 0 aromatic heterocycles. The third-order valence-electron chi connectivity index (χ3n) is 5.82. The van der Waals surface area contributed by atoms with Crippen LogP contribution in [0.25, 0.3) is 0 Å². The summed E-state index contributed by atoms with van der Waals surface area (Å²) in [7, 11) is 0. The van der Waals surface area contributed by atoms with E-state index in [2.05, 4.69) is 25.7 Å². The van der Waals surface area contributed by atoms with Gasteiger partial charge in [-0.15, -0.1) is 0 Å². The highest BCUT2D eigenvalue weighted by atomic mass is 16.2. The van der Waals surface area contributed by atoms with E-state index >= 15 is 0 Å². The van der Waals surface area contributed by atoms with Crippen molar-refractivity contribution in [3.63, 3.8) is 0 Å². The third-order valence-corrected chi connectivity index (χ3v) is 5.82. The first kappa shape index (κ1) is 19.3. The van der Waals surface area contributed by atoms with E-state index in [1.807, 2.05) is 4.90 Å². The van der Waals surface area contributed by atoms with E-state index in [1.165, 1.54) is 0 Å². The fourth-order valence-electron chi connectivity index (χ4n) is 4.20. The van der Waals surface area contributed by atoms with Gasteiger partial charge in [0.2, 0.25) is 11.8 Å². The molecule has 0 unspecified atom stereocenters. The highest BCUT2D eigenvalue weighted by Gasteiger charge is 2.34. The Morgan fingerprint density at radius 3 is 1.88 bits per heavy atom. The van der Waals surface area contributed by atoms with E-state index in [9.17, 15) is 9.59 Å². The third kappa shape index (κ3) is 4.97. The van der Waals surface area contributed by atoms with Gasteiger partial charge in [0.05, 0.1) is 0 Å². The van der Waals surface area contributed by atoms with Gasteiger partial charge in [-0.2, -0.15) is 0 Å². The van der Waals surface area contributed by atoms with Gasteiger partial charge in [0.15, 0.2) is 0 Å². The van der Waals surface area contributed by atoms with Gasteiger partial charge >= 0.3 is 0 Å². The van der Waals surface area contributed by atoms with Crippen molar-refractivity contribution in [2.24, 2.45) is 17.8 Å². The Hall–Kier alpha value is -1.06. The van der Waals surface area contributed by atoms with Crippen molar-refractivity contribution in [2.75, 3.05) is 26.2 Å². The van der Waals surface area contributed by atoms with Crippen LogP contribution < -0.4 is 0 Å². The van der Waals surface area contributed by atoms with Crippen molar-refractivity contribution in [3.8, 4) is 0 Å². The molecule has 4 nitrogen and oxygen atoms in total. The van der Waals surface area contributed by atoms with Crippen LogP contribution in [-0.2, 0) is 9.59 Å². The lowest BCUT2D eigenvalue weighted by Crippen LogP contribution is -2.44. The predicted molar refractivity (Wildman–Crippen MR) is 97.6 cm³/mol. The molecule has 2 rings (SSSR count). The Bertz CT molecular complexity index is 402. The molecule has 1 aliphatic heterocycles. The molecule has 0 aromatic carbocycles. The largest absolute Gasteiger partial charge is 0.342 e. The van der Waals surface area contributed by atoms with Crippen LogP contribution in [0.1, 0.15) is 72.1 Å². The molecule has 2 amide bonds. The molecule has 2 aliphatic rings. The van der Waals surface area contributed by atoms with Crippen LogP contribution in [0.15, 0.2) is 0 Å². The summed E-state index contributed by atoms with van der Waals surface area (Å²) in [6, 6.07) is 0. The van der Waals surface area contributed by atoms with Crippen molar-refractivity contribution in [3.05, 3.63) is 0 Å². The molecular weight excluding hydrogens is 300 g/mol. The molecule has 0 N–H and O–H groups in total. The van der Waals surface area contributed by atoms with Gasteiger partial charge in [-0.05, 0) is 57.3 Å². The van der Waals surface area contributed by atoms with E-state index in [-0.39, 0.29) is 11.8 Å². The zero-order chi connectivity index (χ0) is 17.5. The lowest BCUT2D eigenvalue weighted by atomic mass is 9.80. The Morgan fingerprint density at radius 1 is 0.875 bits per heavy atom. The molecule has 1 aliphatic carbocycles. The van der Waals surface area contributed by atoms with Crippen LogP contribution in [0, 0.1) is 17.8 Å². The van der Waals surface area contributed by atoms with Gasteiger partial charge in [-0.25, -0.2) is 0 Å². The highest BCUT2D eigenvalue weighted by Crippen LogP contribution is 2.32. The van der Waals surface area contributed by atoms with Gasteiger partial charge in [-0.1, -0.05) is 20.8 Å². The molecule has 4 heteroatoms. The van der Waals surface area contributed by atoms with Crippen LogP contribution in [0.2, 0.25) is 0 Å². The first-order valence-electron chi connectivity index (χ1n) is 10.1. The molecule has 1 heterocycles. The lowest BCUT2D eigenvalue weighted by Gasteiger charge is -2.36. The topological polar surface area (TPSA) is 40.6 Å². The van der Waals surface area contributed by atoms with Crippen LogP contribution in [0.3, 0.4) is 0 Å². The second-order valence-corrected chi connectivity index (χ2v) is 7.88. The summed E-state index contributed by atoms with van der Waals surface area (Å²) in [5.41, 5.74) is 0. The number of hydrogen-bond donors (Lipinski definition) is 0. The minimum atomic E-state index is 0.147. The van der Waals surface area contributed by atoms with Crippen LogP contribution in [0.4, 0.5) is 0 Å². The second kappa shape index (κ2) is 9.43. The fourth-order valence-corrected chi connectivity index (χ4v) is 4.20. The molecule has 138 valence electrons. The van der Waals surface area contributed by atoms with Crippen molar-refractivity contribution in [2.45, 2.75) is 72.1 Å². The van der Waals surface area contributed by atoms with Crippen molar-refractivity contribution >= 4 is 11.8 Å². The number of piperidine rings is 1. The van der Waals surface area contributed by atoms with Crippen molar-refractivity contribution < 1.29 is 9.59 Å². The predicted octanol–water partition coefficient (Wildman–Crippen LogP) is 3.70. The number of carbonyl (C=O) groups excluding carboxylic acids is 2. The maximum atomic E-state index is 12.7. The summed E-state index contributed by atoms with van der Waals surface area (Å²) >= 11 is 0. The fraction of sp³-hybridized carbons (Fsp3) is 0.900. The zero-order valence-electron chi connectivity index (χ0n) is 15.9. The lowest BCUT2D eigenvalue weighted by molar-refractivity contribution is -0.142. The number of nitrogens with zero attached hydrogens (tertiary/aromatic N) is 2. The van der Waals surface area contributed by atoms with Crippen LogP contribution >= 0.6 is 0 Å². The smallest absolute Gasteiger partial charge is 0.225 e. The molecule has 2 fully saturated rings. The maximum absolute atomic E-state index is 12.7. The quantitative estimate of drug-likeness (QED) is 0.742. The number of amides is 2. The van der Waals surface area contributed by atoms with Gasteiger partial charge in [0.1, 0.15) is 0 Å². The zero-order valence-corrected chi connectivity index (χ0v) is 15.9. The number of likely N-dealkylation sites (tertiary alicyclic amines) is 1. The monoisotopic (exact) mass is 336 g/mol. The van der Waals surface area contributed by atoms with E-state index in [0.717, 1.165) is 83.5 Å². The summed E-state index contributed by atoms with van der Waals surface area (Å²) in [5.74, 6) is 1.75. The molecule has 0 aromatic rings. The molecule has 0 radical (unpaired) electrons. The average Bonchev–Trinajstić information content (AvgIpc) is 2.61. The molecule has 0 atom stereocenters. The number of rotatable bonds is 6. The molecular formula is C20H36N2O2. The second-order valence-electron chi connectivity index (χ2n) is 7.88. The Kier molecular flexibility index (Phi) is 7.57. The van der Waals surface area contributed by atoms with E-state index in [1.54, 1.807) is 0 Å². The molecule has 0 spiro atoms. The summed E-state index contributed by atoms with van der Waals surface area (Å²) in [6.07, 6.45) is 7.90. The Balaban J connectivity index is 1.81. The van der Waals surface area contributed by atoms with Gasteiger partial charge in [0.25, 0.3) is 0 Å². The van der Waals surface area contributed by atoms with Gasteiger partial charge < -0.3 is 9.80 Å². The van der Waals surface area contributed by atoms with Crippen LogP contribution in [-0.4, -0.2) is 47.8 Å². The number of carbonyl (C=O) groups is 2. The molecule has 24 heavy (non-hydrogen) atoms. The summed E-state index contributed by atoms with van der Waals surface area (Å²) in [4.78, 5) is 29.5. The molecule has 0 bridgehead atoms. The van der Waals surface area contributed by atoms with Crippen molar-refractivity contribution in [1.82, 2.24) is 9.80 Å². The summed E-state index contributed by atoms with van der Waals surface area (Å²) in [6.45, 7) is 10.1. The van der Waals surface area contributed by atoms with Gasteiger partial charge in [-0.3, -0.25) is 9.59 Å². The van der Waals surface area contributed by atoms with E-state index < -0.39 is 0 Å². The Morgan fingerprint density at radius 2 is 1.38 bits per heavy atom. The minimum absolute atomic E-state index is 0.147. The standard InChI is InChI=1S/C20H36N2O2/c1-4-12-21(13-5-2)19(23)17-6-8-18(9-7-17)20(24)22-14-10-16(3)11-15-22/h16-18H,4-15H2,1-3H3. The normalized spacial score (nSPS) is 25.5. The number of hydrogen-bond acceptors (Lipinski definition) is 2. The van der Waals surface area contributed by atoms with E-state index in [4.69, 9.17) is 0 Å². The minimum Gasteiger partial charge on any atom is -0.342 e. The summed E-state index contributed by atoms with van der Waals surface area (Å²) in [5, 5.41) is 0. The Labute approximate surface area is 148 Å². The first-order chi connectivity index (χ1) is 11.6. The maximum Gasteiger partial charge on any atom is 0.225 e. The summed E-state index contributed by atoms with van der Waals surface area (Å²) < 4.78 is 0. The molecule has 1 saturated carbocycles. The highest BCUT2D eigenvalue weighted by molar-refractivity contribution is 5.81. The molecule has 1 saturated heterocycles. The first-order valence-corrected chi connectivity index (χ1v) is 10.1. The SMILES string of the molecule is CCCN(CCC)C(=O)C1CCC(C(=O)N2CCC(C)CC2)CC1. The van der Waals surface area contributed by atoms with E-state index in [0.29, 0.717) is 11.8 Å². The van der Waals surface area contributed by atoms with Gasteiger partial charge in [0, 0.05) is 38.0 Å².